The van der Waals surface area contributed by atoms with E-state index < -0.39 is 18.0 Å². The quantitative estimate of drug-likeness (QED) is 0.835. The van der Waals surface area contributed by atoms with Crippen LogP contribution in [0.15, 0.2) is 18.2 Å². The number of primary amides is 1. The highest BCUT2D eigenvalue weighted by Gasteiger charge is 2.16. The zero-order valence-corrected chi connectivity index (χ0v) is 11.1. The van der Waals surface area contributed by atoms with Gasteiger partial charge in [-0.15, -0.1) is 0 Å². The molecular weight excluding hydrogens is 242 g/mol. The summed E-state index contributed by atoms with van der Waals surface area (Å²) in [4.78, 5) is 22.5. The first-order valence-electron chi connectivity index (χ1n) is 6.66. The Balaban J connectivity index is 1.99. The molecule has 1 aliphatic carbocycles. The molecule has 1 aromatic rings. The Bertz CT molecular complexity index is 496. The van der Waals surface area contributed by atoms with Crippen LogP contribution in [0.2, 0.25) is 0 Å². The van der Waals surface area contributed by atoms with Crippen molar-refractivity contribution in [3.05, 3.63) is 34.9 Å². The maximum Gasteiger partial charge on any atom is 0.311 e. The van der Waals surface area contributed by atoms with Gasteiger partial charge < -0.3 is 10.5 Å². The van der Waals surface area contributed by atoms with E-state index in [-0.39, 0.29) is 6.42 Å². The molecule has 0 heterocycles. The van der Waals surface area contributed by atoms with Crippen LogP contribution >= 0.6 is 0 Å². The minimum absolute atomic E-state index is 0.185. The van der Waals surface area contributed by atoms with Crippen LogP contribution in [-0.2, 0) is 33.6 Å². The number of amides is 1. The van der Waals surface area contributed by atoms with Gasteiger partial charge in [0.05, 0.1) is 6.42 Å². The van der Waals surface area contributed by atoms with E-state index in [9.17, 15) is 9.59 Å². The van der Waals surface area contributed by atoms with Crippen LogP contribution in [0.4, 0.5) is 0 Å². The Morgan fingerprint density at radius 2 is 1.95 bits per heavy atom. The van der Waals surface area contributed by atoms with E-state index in [1.165, 1.54) is 30.9 Å². The Labute approximate surface area is 112 Å². The Hall–Kier alpha value is -1.84. The molecule has 102 valence electrons. The second-order valence-electron chi connectivity index (χ2n) is 5.02. The maximum atomic E-state index is 11.7. The lowest BCUT2D eigenvalue weighted by molar-refractivity contribution is -0.153. The van der Waals surface area contributed by atoms with Gasteiger partial charge in [-0.2, -0.15) is 0 Å². The van der Waals surface area contributed by atoms with Gasteiger partial charge in [-0.05, 0) is 49.3 Å². The first kappa shape index (κ1) is 13.6. The van der Waals surface area contributed by atoms with Gasteiger partial charge in [0, 0.05) is 0 Å². The van der Waals surface area contributed by atoms with Crippen LogP contribution in [0.3, 0.4) is 0 Å². The van der Waals surface area contributed by atoms with Crippen LogP contribution in [-0.4, -0.2) is 18.0 Å². The lowest BCUT2D eigenvalue weighted by Gasteiger charge is -2.16. The van der Waals surface area contributed by atoms with Crippen molar-refractivity contribution in [2.75, 3.05) is 0 Å². The molecule has 2 N–H and O–H groups in total. The third-order valence-electron chi connectivity index (χ3n) is 3.47. The van der Waals surface area contributed by atoms with E-state index in [1.807, 2.05) is 6.07 Å². The molecule has 0 aromatic heterocycles. The smallest absolute Gasteiger partial charge is 0.311 e. The molecule has 0 bridgehead atoms. The fourth-order valence-electron chi connectivity index (χ4n) is 2.36. The number of carbonyl (C=O) groups is 2. The summed E-state index contributed by atoms with van der Waals surface area (Å²) in [7, 11) is 0. The summed E-state index contributed by atoms with van der Waals surface area (Å²) in [5, 5.41) is 0. The Kier molecular flexibility index (Phi) is 4.20. The Morgan fingerprint density at radius 1 is 1.26 bits per heavy atom. The van der Waals surface area contributed by atoms with Gasteiger partial charge in [0.2, 0.25) is 0 Å². The fraction of sp³-hybridized carbons (Fsp3) is 0.467. The summed E-state index contributed by atoms with van der Waals surface area (Å²) >= 11 is 0. The van der Waals surface area contributed by atoms with E-state index in [0.717, 1.165) is 18.4 Å². The molecule has 0 saturated carbocycles. The lowest BCUT2D eigenvalue weighted by atomic mass is 9.90. The molecule has 0 unspecified atom stereocenters. The number of fused-ring (bicyclic) bond motifs is 1. The lowest BCUT2D eigenvalue weighted by Crippen LogP contribution is -2.30. The molecule has 1 aliphatic rings. The highest BCUT2D eigenvalue weighted by Crippen LogP contribution is 2.22. The van der Waals surface area contributed by atoms with Crippen molar-refractivity contribution >= 4 is 11.9 Å². The van der Waals surface area contributed by atoms with Gasteiger partial charge in [0.15, 0.2) is 6.10 Å². The molecule has 19 heavy (non-hydrogen) atoms. The highest BCUT2D eigenvalue weighted by atomic mass is 16.5. The number of esters is 1. The summed E-state index contributed by atoms with van der Waals surface area (Å²) in [5.41, 5.74) is 8.70. The van der Waals surface area contributed by atoms with E-state index in [0.29, 0.717) is 0 Å². The maximum absolute atomic E-state index is 11.7. The van der Waals surface area contributed by atoms with Gasteiger partial charge in [-0.25, -0.2) is 0 Å². The minimum atomic E-state index is -0.870. The number of hydrogen-bond acceptors (Lipinski definition) is 3. The number of hydrogen-bond donors (Lipinski definition) is 1. The topological polar surface area (TPSA) is 69.4 Å². The van der Waals surface area contributed by atoms with Gasteiger partial charge in [0.1, 0.15) is 0 Å². The zero-order chi connectivity index (χ0) is 13.8. The predicted octanol–water partition coefficient (Wildman–Crippen LogP) is 1.52. The monoisotopic (exact) mass is 261 g/mol. The van der Waals surface area contributed by atoms with Gasteiger partial charge in [-0.1, -0.05) is 18.2 Å². The molecule has 4 heteroatoms. The van der Waals surface area contributed by atoms with E-state index in [2.05, 4.69) is 12.1 Å². The number of carbonyl (C=O) groups excluding carboxylic acids is 2. The second-order valence-corrected chi connectivity index (χ2v) is 5.02. The van der Waals surface area contributed by atoms with Crippen molar-refractivity contribution in [3.63, 3.8) is 0 Å². The molecule has 4 nitrogen and oxygen atoms in total. The average molecular weight is 261 g/mol. The van der Waals surface area contributed by atoms with Crippen molar-refractivity contribution in [1.29, 1.82) is 0 Å². The molecule has 0 fully saturated rings. The summed E-state index contributed by atoms with van der Waals surface area (Å²) in [6.45, 7) is 1.48. The fourth-order valence-corrected chi connectivity index (χ4v) is 2.36. The van der Waals surface area contributed by atoms with Crippen molar-refractivity contribution in [2.45, 2.75) is 45.1 Å². The van der Waals surface area contributed by atoms with Crippen LogP contribution in [0.25, 0.3) is 0 Å². The molecule has 1 atom stereocenters. The summed E-state index contributed by atoms with van der Waals surface area (Å²) < 4.78 is 4.95. The molecule has 1 amide bonds. The molecule has 1 aromatic carbocycles. The number of ether oxygens (including phenoxy) is 1. The van der Waals surface area contributed by atoms with Gasteiger partial charge in [-0.3, -0.25) is 9.59 Å². The SMILES string of the molecule is C[C@H](OC(=O)Cc1ccc2c(c1)CCCC2)C(N)=O. The Morgan fingerprint density at radius 3 is 2.63 bits per heavy atom. The van der Waals surface area contributed by atoms with Crippen molar-refractivity contribution in [2.24, 2.45) is 5.73 Å². The average Bonchev–Trinajstić information content (AvgIpc) is 2.38. The minimum Gasteiger partial charge on any atom is -0.452 e. The molecule has 0 spiro atoms. The van der Waals surface area contributed by atoms with E-state index >= 15 is 0 Å². The van der Waals surface area contributed by atoms with Gasteiger partial charge in [0.25, 0.3) is 5.91 Å². The standard InChI is InChI=1S/C15H19NO3/c1-10(15(16)18)19-14(17)9-11-6-7-12-4-2-3-5-13(12)8-11/h6-8,10H,2-5,9H2,1H3,(H2,16,18)/t10-/m0/s1. The molecular formula is C15H19NO3. The van der Waals surface area contributed by atoms with Crippen LogP contribution < -0.4 is 5.73 Å². The third-order valence-corrected chi connectivity index (χ3v) is 3.47. The van der Waals surface area contributed by atoms with Crippen LogP contribution in [0, 0.1) is 0 Å². The van der Waals surface area contributed by atoms with Crippen molar-refractivity contribution in [1.82, 2.24) is 0 Å². The normalized spacial score (nSPS) is 15.4. The molecule has 0 aliphatic heterocycles. The summed E-state index contributed by atoms with van der Waals surface area (Å²) in [5.74, 6) is -1.04. The van der Waals surface area contributed by atoms with E-state index in [4.69, 9.17) is 10.5 Å². The predicted molar refractivity (Wildman–Crippen MR) is 71.5 cm³/mol. The van der Waals surface area contributed by atoms with Crippen LogP contribution in [0.1, 0.15) is 36.5 Å². The number of nitrogens with two attached hydrogens (primary N) is 1. The van der Waals surface area contributed by atoms with Crippen molar-refractivity contribution in [3.8, 4) is 0 Å². The highest BCUT2D eigenvalue weighted by molar-refractivity contribution is 5.82. The second kappa shape index (κ2) is 5.87. The summed E-state index contributed by atoms with van der Waals surface area (Å²) in [6.07, 6.45) is 3.97. The van der Waals surface area contributed by atoms with Crippen LogP contribution in [0.5, 0.6) is 0 Å². The van der Waals surface area contributed by atoms with Gasteiger partial charge >= 0.3 is 5.97 Å². The molecule has 0 saturated heterocycles. The number of aryl methyl sites for hydroxylation is 2. The molecule has 0 radical (unpaired) electrons. The van der Waals surface area contributed by atoms with E-state index in [1.54, 1.807) is 0 Å². The zero-order valence-electron chi connectivity index (χ0n) is 11.1. The number of benzene rings is 1. The van der Waals surface area contributed by atoms with Crippen molar-refractivity contribution < 1.29 is 14.3 Å². The largest absolute Gasteiger partial charge is 0.452 e. The first-order chi connectivity index (χ1) is 9.06. The third kappa shape index (κ3) is 3.56. The molecule has 2 rings (SSSR count). The first-order valence-corrected chi connectivity index (χ1v) is 6.66. The number of rotatable bonds is 4. The summed E-state index contributed by atoms with van der Waals surface area (Å²) in [6, 6.07) is 6.12.